The van der Waals surface area contributed by atoms with Crippen LogP contribution in [0.3, 0.4) is 0 Å². The molecule has 37 heavy (non-hydrogen) atoms. The number of nitrogens with one attached hydrogen (secondary N) is 1. The fourth-order valence-corrected chi connectivity index (χ4v) is 4.88. The molecule has 3 aromatic rings. The third-order valence-corrected chi connectivity index (χ3v) is 6.69. The van der Waals surface area contributed by atoms with E-state index in [4.69, 9.17) is 14.7 Å². The van der Waals surface area contributed by atoms with Gasteiger partial charge >= 0.3 is 11.8 Å². The highest BCUT2D eigenvalue weighted by Crippen LogP contribution is 2.31. The van der Waals surface area contributed by atoms with Gasteiger partial charge in [-0.2, -0.15) is 20.2 Å². The van der Waals surface area contributed by atoms with Crippen LogP contribution < -0.4 is 15.1 Å². The molecule has 14 heteroatoms. The summed E-state index contributed by atoms with van der Waals surface area (Å²) in [6.45, 7) is 8.28. The molecule has 1 N–H and O–H groups in total. The van der Waals surface area contributed by atoms with Gasteiger partial charge in [-0.05, 0) is 40.0 Å². The van der Waals surface area contributed by atoms with Gasteiger partial charge in [-0.3, -0.25) is 19.5 Å². The number of ether oxygens (including phenoxy) is 1. The molecule has 0 unspecified atom stereocenters. The number of nitro groups is 1. The summed E-state index contributed by atoms with van der Waals surface area (Å²) >= 11 is 0. The first kappa shape index (κ1) is 24.7. The van der Waals surface area contributed by atoms with E-state index in [0.717, 1.165) is 42.7 Å². The zero-order chi connectivity index (χ0) is 26.3. The van der Waals surface area contributed by atoms with Crippen LogP contribution in [0.5, 0.6) is 0 Å². The number of rotatable bonds is 5. The molecule has 2 aliphatic heterocycles. The molecule has 0 radical (unpaired) electrons. The first-order valence-corrected chi connectivity index (χ1v) is 12.4. The molecular weight excluding hydrogens is 480 g/mol. The van der Waals surface area contributed by atoms with Gasteiger partial charge in [-0.25, -0.2) is 4.79 Å². The number of anilines is 2. The summed E-state index contributed by atoms with van der Waals surface area (Å²) in [4.78, 5) is 36.9. The van der Waals surface area contributed by atoms with Gasteiger partial charge in [0.05, 0.1) is 28.6 Å². The van der Waals surface area contributed by atoms with Crippen LogP contribution in [0, 0.1) is 10.1 Å². The molecule has 2 fully saturated rings. The average Bonchev–Trinajstić information content (AvgIpc) is 3.58. The summed E-state index contributed by atoms with van der Waals surface area (Å²) in [6.07, 6.45) is 6.46. The van der Waals surface area contributed by atoms with E-state index in [-0.39, 0.29) is 17.8 Å². The van der Waals surface area contributed by atoms with Crippen LogP contribution in [0.4, 0.5) is 22.2 Å². The van der Waals surface area contributed by atoms with Crippen LogP contribution in [0.25, 0.3) is 11.0 Å². The Kier molecular flexibility index (Phi) is 6.33. The van der Waals surface area contributed by atoms with Crippen LogP contribution in [-0.2, 0) is 11.8 Å². The van der Waals surface area contributed by atoms with Crippen molar-refractivity contribution < 1.29 is 14.5 Å². The molecule has 0 bridgehead atoms. The minimum atomic E-state index is -0.550. The molecule has 14 nitrogen and oxygen atoms in total. The second-order valence-corrected chi connectivity index (χ2v) is 10.6. The number of aryl methyl sites for hydroxylation is 1. The quantitative estimate of drug-likeness (QED) is 0.399. The van der Waals surface area contributed by atoms with Crippen molar-refractivity contribution in [1.29, 1.82) is 0 Å². The maximum absolute atomic E-state index is 12.3. The molecular formula is C23H32N10O4. The number of amides is 1. The molecule has 2 aliphatic rings. The highest BCUT2D eigenvalue weighted by molar-refractivity contribution is 5.88. The Morgan fingerprint density at radius 3 is 2.51 bits per heavy atom. The highest BCUT2D eigenvalue weighted by atomic mass is 16.6. The maximum atomic E-state index is 12.3. The number of nitrogens with zero attached hydrogens (tertiary/aromatic N) is 9. The normalized spacial score (nSPS) is 19.0. The van der Waals surface area contributed by atoms with Crippen molar-refractivity contribution in [1.82, 2.24) is 34.8 Å². The van der Waals surface area contributed by atoms with E-state index in [1.54, 1.807) is 15.6 Å². The minimum absolute atomic E-state index is 0.00198. The molecule has 5 rings (SSSR count). The Morgan fingerprint density at radius 2 is 1.84 bits per heavy atom. The predicted molar refractivity (Wildman–Crippen MR) is 136 cm³/mol. The summed E-state index contributed by atoms with van der Waals surface area (Å²) in [7, 11) is 1.86. The fraction of sp³-hybridized carbons (Fsp3) is 0.609. The van der Waals surface area contributed by atoms with Crippen molar-refractivity contribution in [2.45, 2.75) is 57.7 Å². The number of hydrogen-bond donors (Lipinski definition) is 1. The summed E-state index contributed by atoms with van der Waals surface area (Å²) in [5.41, 5.74) is 0.196. The molecule has 3 aromatic heterocycles. The third kappa shape index (κ3) is 5.27. The summed E-state index contributed by atoms with van der Waals surface area (Å²) in [5.74, 6) is 1.42. The van der Waals surface area contributed by atoms with E-state index in [9.17, 15) is 14.9 Å². The van der Waals surface area contributed by atoms with Gasteiger partial charge in [-0.1, -0.05) is 0 Å². The number of carbonyl (C=O) groups excluding carboxylic acids is 1. The van der Waals surface area contributed by atoms with Gasteiger partial charge in [-0.15, -0.1) is 0 Å². The first-order chi connectivity index (χ1) is 17.6. The zero-order valence-corrected chi connectivity index (χ0v) is 21.5. The van der Waals surface area contributed by atoms with Crippen LogP contribution in [0.2, 0.25) is 0 Å². The molecule has 0 aliphatic carbocycles. The molecule has 0 aromatic carbocycles. The maximum Gasteiger partial charge on any atom is 0.407 e. The number of hydrogen-bond acceptors (Lipinski definition) is 10. The van der Waals surface area contributed by atoms with E-state index >= 15 is 0 Å². The van der Waals surface area contributed by atoms with Crippen molar-refractivity contribution in [3.8, 4) is 0 Å². The highest BCUT2D eigenvalue weighted by Gasteiger charge is 2.30. The lowest BCUT2D eigenvalue weighted by Gasteiger charge is -2.32. The number of aromatic nitrogens is 6. The molecule has 2 saturated heterocycles. The average molecular weight is 513 g/mol. The van der Waals surface area contributed by atoms with Gasteiger partial charge in [0, 0.05) is 33.2 Å². The van der Waals surface area contributed by atoms with E-state index in [0.29, 0.717) is 25.6 Å². The Labute approximate surface area is 213 Å². The Balaban J connectivity index is 1.31. The number of carbonyl (C=O) groups is 1. The predicted octanol–water partition coefficient (Wildman–Crippen LogP) is 2.41. The Bertz CT molecular complexity index is 1300. The second kappa shape index (κ2) is 9.48. The molecule has 5 heterocycles. The number of alkyl carbamates (subject to hydrolysis) is 1. The van der Waals surface area contributed by atoms with Crippen LogP contribution in [0.1, 0.15) is 46.1 Å². The number of piperidine rings is 1. The van der Waals surface area contributed by atoms with Crippen molar-refractivity contribution in [3.63, 3.8) is 0 Å². The number of fused-ring (bicyclic) bond motifs is 1. The lowest BCUT2D eigenvalue weighted by molar-refractivity contribution is -0.385. The second-order valence-electron chi connectivity index (χ2n) is 10.6. The van der Waals surface area contributed by atoms with Crippen LogP contribution >= 0.6 is 0 Å². The lowest BCUT2D eigenvalue weighted by atomic mass is 10.1. The molecule has 1 amide bonds. The van der Waals surface area contributed by atoms with Crippen LogP contribution in [-0.4, -0.2) is 78.4 Å². The fourth-order valence-electron chi connectivity index (χ4n) is 4.88. The standard InChI is InChI=1S/C23H32N10O4/c1-23(2,3)37-22(34)26-15-5-8-31(13-15)20-18-12-24-29(4)19(18)27-21(28-20)30-9-6-16(7-10-30)32-14-17(11-25-32)33(35)36/h11-12,14-16H,5-10,13H2,1-4H3,(H,26,34)/t15-/m0/s1. The van der Waals surface area contributed by atoms with E-state index in [1.807, 2.05) is 27.8 Å². The largest absolute Gasteiger partial charge is 0.444 e. The third-order valence-electron chi connectivity index (χ3n) is 6.69. The van der Waals surface area contributed by atoms with E-state index < -0.39 is 16.6 Å². The SMILES string of the molecule is Cn1ncc2c(N3CC[C@H](NC(=O)OC(C)(C)C)C3)nc(N3CCC(n4cc([N+](=O)[O-])cn4)CC3)nc21. The molecule has 1 atom stereocenters. The minimum Gasteiger partial charge on any atom is -0.444 e. The Morgan fingerprint density at radius 1 is 1.11 bits per heavy atom. The van der Waals surface area contributed by atoms with Crippen LogP contribution in [0.15, 0.2) is 18.6 Å². The van der Waals surface area contributed by atoms with E-state index in [2.05, 4.69) is 25.3 Å². The van der Waals surface area contributed by atoms with Gasteiger partial charge in [0.1, 0.15) is 23.8 Å². The van der Waals surface area contributed by atoms with Crippen molar-refractivity contribution in [2.75, 3.05) is 36.0 Å². The first-order valence-electron chi connectivity index (χ1n) is 12.4. The van der Waals surface area contributed by atoms with Gasteiger partial charge in [0.2, 0.25) is 5.95 Å². The summed E-state index contributed by atoms with van der Waals surface area (Å²) in [5, 5.41) is 23.4. The van der Waals surface area contributed by atoms with Gasteiger partial charge < -0.3 is 19.9 Å². The molecule has 0 spiro atoms. The Hall–Kier alpha value is -3.97. The lowest BCUT2D eigenvalue weighted by Crippen LogP contribution is -2.40. The van der Waals surface area contributed by atoms with Gasteiger partial charge in [0.25, 0.3) is 0 Å². The summed E-state index contributed by atoms with van der Waals surface area (Å²) in [6, 6.07) is 0.0389. The van der Waals surface area contributed by atoms with Gasteiger partial charge in [0.15, 0.2) is 5.65 Å². The topological polar surface area (TPSA) is 149 Å². The monoisotopic (exact) mass is 512 g/mol. The summed E-state index contributed by atoms with van der Waals surface area (Å²) < 4.78 is 8.84. The van der Waals surface area contributed by atoms with Crippen molar-refractivity contribution >= 4 is 34.6 Å². The van der Waals surface area contributed by atoms with E-state index in [1.165, 1.54) is 12.4 Å². The smallest absolute Gasteiger partial charge is 0.407 e. The molecule has 198 valence electrons. The van der Waals surface area contributed by atoms with Crippen molar-refractivity contribution in [3.05, 3.63) is 28.7 Å². The zero-order valence-electron chi connectivity index (χ0n) is 21.5. The molecule has 0 saturated carbocycles. The van der Waals surface area contributed by atoms with Crippen molar-refractivity contribution in [2.24, 2.45) is 7.05 Å².